The number of fused-ring (bicyclic) bond motifs is 2. The predicted molar refractivity (Wildman–Crippen MR) is 142 cm³/mol. The highest BCUT2D eigenvalue weighted by molar-refractivity contribution is 6.07. The molecule has 190 valence electrons. The van der Waals surface area contributed by atoms with Crippen molar-refractivity contribution in [2.45, 2.75) is 58.4 Å². The Kier molecular flexibility index (Phi) is 7.30. The molecule has 0 aliphatic carbocycles. The summed E-state index contributed by atoms with van der Waals surface area (Å²) in [5.41, 5.74) is 2.71. The zero-order valence-electron chi connectivity index (χ0n) is 21.3. The number of rotatable bonds is 2. The number of likely N-dealkylation sites (tertiary alicyclic amines) is 1. The molecule has 36 heavy (non-hydrogen) atoms. The lowest BCUT2D eigenvalue weighted by Gasteiger charge is -2.41. The van der Waals surface area contributed by atoms with Crippen LogP contribution in [0.1, 0.15) is 61.4 Å². The van der Waals surface area contributed by atoms with Crippen LogP contribution in [0.5, 0.6) is 5.75 Å². The van der Waals surface area contributed by atoms with Crippen molar-refractivity contribution in [3.05, 3.63) is 65.9 Å². The van der Waals surface area contributed by atoms with Gasteiger partial charge >= 0.3 is 0 Å². The van der Waals surface area contributed by atoms with Gasteiger partial charge < -0.3 is 19.5 Å². The first kappa shape index (κ1) is 24.4. The zero-order valence-corrected chi connectivity index (χ0v) is 21.3. The van der Waals surface area contributed by atoms with E-state index in [1.807, 2.05) is 41.4 Å². The Morgan fingerprint density at radius 3 is 2.61 bits per heavy atom. The van der Waals surface area contributed by atoms with Gasteiger partial charge in [-0.2, -0.15) is 0 Å². The summed E-state index contributed by atoms with van der Waals surface area (Å²) in [5, 5.41) is 4.20. The van der Waals surface area contributed by atoms with Crippen LogP contribution in [0.25, 0.3) is 10.9 Å². The molecule has 3 aromatic rings. The third kappa shape index (κ3) is 4.86. The summed E-state index contributed by atoms with van der Waals surface area (Å²) in [7, 11) is 0. The van der Waals surface area contributed by atoms with Crippen LogP contribution in [0, 0.1) is 5.41 Å². The largest absolute Gasteiger partial charge is 0.493 e. The fourth-order valence-corrected chi connectivity index (χ4v) is 5.85. The number of nitrogens with one attached hydrogen (secondary N) is 1. The highest BCUT2D eigenvalue weighted by atomic mass is 16.5. The fraction of sp³-hybridized carbons (Fsp3) is 0.467. The number of nitrogens with zero attached hydrogens (tertiary/aromatic N) is 2. The molecular weight excluding hydrogens is 450 g/mol. The molecule has 0 saturated carbocycles. The van der Waals surface area contributed by atoms with E-state index in [0.29, 0.717) is 39.1 Å². The predicted octanol–water partition coefficient (Wildman–Crippen LogP) is 5.20. The quantitative estimate of drug-likeness (QED) is 0.541. The maximum Gasteiger partial charge on any atom is 0.256 e. The van der Waals surface area contributed by atoms with Gasteiger partial charge in [-0.15, -0.1) is 0 Å². The molecule has 0 unspecified atom stereocenters. The lowest BCUT2D eigenvalue weighted by atomic mass is 9.73. The summed E-state index contributed by atoms with van der Waals surface area (Å²) in [4.78, 5) is 28.9. The molecule has 1 fully saturated rings. The van der Waals surface area contributed by atoms with Gasteiger partial charge in [-0.05, 0) is 63.1 Å². The van der Waals surface area contributed by atoms with Crippen LogP contribution in [-0.2, 0) is 17.8 Å². The van der Waals surface area contributed by atoms with Crippen molar-refractivity contribution in [1.29, 1.82) is 0 Å². The third-order valence-corrected chi connectivity index (χ3v) is 8.04. The van der Waals surface area contributed by atoms with Crippen LogP contribution < -0.4 is 10.1 Å². The van der Waals surface area contributed by atoms with Crippen LogP contribution in [0.3, 0.4) is 0 Å². The molecule has 2 amide bonds. The molecule has 0 bridgehead atoms. The van der Waals surface area contributed by atoms with E-state index >= 15 is 0 Å². The van der Waals surface area contributed by atoms with Gasteiger partial charge in [-0.1, -0.05) is 42.8 Å². The van der Waals surface area contributed by atoms with E-state index in [4.69, 9.17) is 4.74 Å². The van der Waals surface area contributed by atoms with E-state index in [-0.39, 0.29) is 11.8 Å². The number of carbonyl (C=O) groups excluding carboxylic acids is 2. The first-order valence-electron chi connectivity index (χ1n) is 13.5. The van der Waals surface area contributed by atoms with E-state index < -0.39 is 5.41 Å². The first-order chi connectivity index (χ1) is 17.6. The van der Waals surface area contributed by atoms with Crippen LogP contribution in [0.4, 0.5) is 0 Å². The molecule has 5 rings (SSSR count). The molecule has 0 atom stereocenters. The summed E-state index contributed by atoms with van der Waals surface area (Å²) in [6.07, 6.45) is 8.02. The number of hydrogen-bond acceptors (Lipinski definition) is 3. The van der Waals surface area contributed by atoms with Gasteiger partial charge in [0.1, 0.15) is 5.75 Å². The summed E-state index contributed by atoms with van der Waals surface area (Å²) < 4.78 is 8.14. The molecule has 1 N–H and O–H groups in total. The topological polar surface area (TPSA) is 63.6 Å². The van der Waals surface area contributed by atoms with Gasteiger partial charge in [0.2, 0.25) is 5.91 Å². The van der Waals surface area contributed by atoms with Crippen LogP contribution >= 0.6 is 0 Å². The van der Waals surface area contributed by atoms with Gasteiger partial charge in [0.25, 0.3) is 5.91 Å². The molecule has 0 radical (unpaired) electrons. The summed E-state index contributed by atoms with van der Waals surface area (Å²) in [6.45, 7) is 5.36. The number of piperidine rings is 1. The Labute approximate surface area is 213 Å². The number of benzene rings is 2. The lowest BCUT2D eigenvalue weighted by Crippen LogP contribution is -2.50. The molecule has 3 heterocycles. The Morgan fingerprint density at radius 2 is 1.78 bits per heavy atom. The number of amides is 2. The minimum atomic E-state index is -0.400. The van der Waals surface area contributed by atoms with E-state index in [0.717, 1.165) is 60.9 Å². The Bertz CT molecular complexity index is 1220. The summed E-state index contributed by atoms with van der Waals surface area (Å²) in [5.74, 6) is 1.19. The van der Waals surface area contributed by atoms with Gasteiger partial charge in [0, 0.05) is 43.3 Å². The highest BCUT2D eigenvalue weighted by Crippen LogP contribution is 2.38. The molecule has 2 aliphatic rings. The third-order valence-electron chi connectivity index (χ3n) is 8.04. The van der Waals surface area contributed by atoms with Gasteiger partial charge in [0.05, 0.1) is 17.6 Å². The van der Waals surface area contributed by atoms with Crippen LogP contribution in [-0.4, -0.2) is 47.5 Å². The second-order valence-electron chi connectivity index (χ2n) is 10.2. The Hall–Kier alpha value is -3.28. The molecule has 2 aliphatic heterocycles. The van der Waals surface area contributed by atoms with Crippen molar-refractivity contribution < 1.29 is 14.3 Å². The second kappa shape index (κ2) is 10.8. The maximum absolute atomic E-state index is 13.6. The number of para-hydroxylation sites is 2. The number of carbonyl (C=O) groups is 2. The fourth-order valence-electron chi connectivity index (χ4n) is 5.85. The number of aryl methyl sites for hydroxylation is 2. The van der Waals surface area contributed by atoms with Gasteiger partial charge in [0.15, 0.2) is 0 Å². The number of hydrogen-bond donors (Lipinski definition) is 1. The highest BCUT2D eigenvalue weighted by Gasteiger charge is 2.42. The molecule has 1 saturated heterocycles. The first-order valence-corrected chi connectivity index (χ1v) is 13.5. The molecule has 1 aromatic heterocycles. The summed E-state index contributed by atoms with van der Waals surface area (Å²) in [6, 6.07) is 16.4. The van der Waals surface area contributed by atoms with Gasteiger partial charge in [-0.25, -0.2) is 0 Å². The molecular formula is C30H37N3O3. The molecule has 2 aromatic carbocycles. The van der Waals surface area contributed by atoms with Crippen molar-refractivity contribution in [1.82, 2.24) is 14.8 Å². The number of ether oxygens (including phenoxy) is 1. The average Bonchev–Trinajstić information content (AvgIpc) is 3.30. The van der Waals surface area contributed by atoms with E-state index in [1.165, 1.54) is 5.56 Å². The average molecular weight is 488 g/mol. The minimum Gasteiger partial charge on any atom is -0.493 e. The monoisotopic (exact) mass is 487 g/mol. The SMILES string of the molecule is CCn1cc(C(=O)N2CCC3(CCCCc4ccccc4OCCCNC3=O)CC2)c2ccccc21. The standard InChI is InChI=1S/C30H37N3O3/c1-2-32-22-25(24-12-4-5-13-26(24)32)28(34)33-19-16-30(17-20-33)15-8-7-11-23-10-3-6-14-27(23)36-21-9-18-31-29(30)35/h3-6,10,12-14,22H,2,7-9,11,15-21H2,1H3,(H,31,35). The van der Waals surface area contributed by atoms with Gasteiger partial charge in [-0.3, -0.25) is 9.59 Å². The van der Waals surface area contributed by atoms with Crippen molar-refractivity contribution in [3.8, 4) is 5.75 Å². The molecule has 1 spiro atoms. The normalized spacial score (nSPS) is 18.9. The molecule has 6 nitrogen and oxygen atoms in total. The van der Waals surface area contributed by atoms with Crippen molar-refractivity contribution in [2.24, 2.45) is 5.41 Å². The lowest BCUT2D eigenvalue weighted by molar-refractivity contribution is -0.134. The zero-order chi connectivity index (χ0) is 25.0. The van der Waals surface area contributed by atoms with Crippen molar-refractivity contribution in [3.63, 3.8) is 0 Å². The van der Waals surface area contributed by atoms with Crippen LogP contribution in [0.2, 0.25) is 0 Å². The minimum absolute atomic E-state index is 0.0760. The summed E-state index contributed by atoms with van der Waals surface area (Å²) >= 11 is 0. The molecule has 6 heteroatoms. The second-order valence-corrected chi connectivity index (χ2v) is 10.2. The smallest absolute Gasteiger partial charge is 0.256 e. The Morgan fingerprint density at radius 1 is 1.00 bits per heavy atom. The van der Waals surface area contributed by atoms with Crippen molar-refractivity contribution >= 4 is 22.7 Å². The van der Waals surface area contributed by atoms with E-state index in [2.05, 4.69) is 35.0 Å². The van der Waals surface area contributed by atoms with Crippen molar-refractivity contribution in [2.75, 3.05) is 26.2 Å². The Balaban J connectivity index is 1.29. The number of aromatic nitrogens is 1. The van der Waals surface area contributed by atoms with E-state index in [1.54, 1.807) is 0 Å². The van der Waals surface area contributed by atoms with Crippen LogP contribution in [0.15, 0.2) is 54.7 Å². The maximum atomic E-state index is 13.6. The van der Waals surface area contributed by atoms with E-state index in [9.17, 15) is 9.59 Å².